The topological polar surface area (TPSA) is 105 Å². The van der Waals surface area contributed by atoms with Gasteiger partial charge in [0.05, 0.1) is 23.2 Å². The molecule has 0 bridgehead atoms. The summed E-state index contributed by atoms with van der Waals surface area (Å²) in [5.74, 6) is -0.262. The van der Waals surface area contributed by atoms with Gasteiger partial charge in [-0.2, -0.15) is 0 Å². The van der Waals surface area contributed by atoms with Gasteiger partial charge in [0.15, 0.2) is 6.10 Å². The summed E-state index contributed by atoms with van der Waals surface area (Å²) in [5, 5.41) is 5.63. The number of hydrogen-bond donors (Lipinski definition) is 2. The number of hydrogen-bond acceptors (Lipinski definition) is 5. The Morgan fingerprint density at radius 3 is 2.26 bits per heavy atom. The van der Waals surface area contributed by atoms with Gasteiger partial charge in [-0.1, -0.05) is 19.1 Å². The number of nitrogens with one attached hydrogen (secondary N) is 2. The Labute approximate surface area is 183 Å². The first-order valence-corrected chi connectivity index (χ1v) is 11.8. The number of carbonyl (C=O) groups excluding carboxylic acids is 2. The predicted octanol–water partition coefficient (Wildman–Crippen LogP) is 3.02. The summed E-state index contributed by atoms with van der Waals surface area (Å²) in [4.78, 5) is 25.1. The van der Waals surface area contributed by atoms with E-state index in [9.17, 15) is 18.0 Å². The molecule has 0 aromatic heterocycles. The molecule has 2 aromatic carbocycles. The van der Waals surface area contributed by atoms with Crippen molar-refractivity contribution < 1.29 is 22.7 Å². The summed E-state index contributed by atoms with van der Waals surface area (Å²) in [6.07, 6.45) is 1.07. The molecule has 0 aliphatic rings. The highest BCUT2D eigenvalue weighted by Gasteiger charge is 2.19. The van der Waals surface area contributed by atoms with Crippen molar-refractivity contribution in [2.45, 2.75) is 39.3 Å². The van der Waals surface area contributed by atoms with E-state index in [4.69, 9.17) is 4.74 Å². The lowest BCUT2D eigenvalue weighted by Crippen LogP contribution is -2.34. The molecule has 9 heteroatoms. The fourth-order valence-electron chi connectivity index (χ4n) is 2.61. The van der Waals surface area contributed by atoms with Crippen molar-refractivity contribution in [2.75, 3.05) is 22.9 Å². The van der Waals surface area contributed by atoms with Crippen molar-refractivity contribution in [2.24, 2.45) is 0 Å². The van der Waals surface area contributed by atoms with Gasteiger partial charge in [-0.25, -0.2) is 8.42 Å². The first-order valence-electron chi connectivity index (χ1n) is 9.94. The third-order valence-corrected chi connectivity index (χ3v) is 6.01. The molecule has 0 radical (unpaired) electrons. The number of rotatable bonds is 9. The van der Waals surface area contributed by atoms with Gasteiger partial charge in [0.2, 0.25) is 10.0 Å². The number of nitrogens with zero attached hydrogens (tertiary/aromatic N) is 1. The molecule has 0 heterocycles. The van der Waals surface area contributed by atoms with Gasteiger partial charge >= 0.3 is 0 Å². The maximum absolute atomic E-state index is 12.6. The highest BCUT2D eigenvalue weighted by atomic mass is 32.2. The SMILES string of the molecule is CC[C@@H](C)NC(=O)c1ccccc1NC(=O)[C@H](C)Oc1ccc(N(C)S(C)(=O)=O)cc1. The third kappa shape index (κ3) is 6.71. The van der Waals surface area contributed by atoms with Gasteiger partial charge in [0.1, 0.15) is 5.75 Å². The minimum Gasteiger partial charge on any atom is -0.481 e. The van der Waals surface area contributed by atoms with Crippen LogP contribution in [0.15, 0.2) is 48.5 Å². The van der Waals surface area contributed by atoms with Crippen LogP contribution in [0.25, 0.3) is 0 Å². The first-order chi connectivity index (χ1) is 14.5. The van der Waals surface area contributed by atoms with Crippen LogP contribution in [-0.4, -0.2) is 45.7 Å². The number of para-hydroxylation sites is 1. The Hall–Kier alpha value is -3.07. The summed E-state index contributed by atoms with van der Waals surface area (Å²) < 4.78 is 30.1. The highest BCUT2D eigenvalue weighted by molar-refractivity contribution is 7.92. The Morgan fingerprint density at radius 1 is 1.06 bits per heavy atom. The van der Waals surface area contributed by atoms with Crippen LogP contribution in [0.5, 0.6) is 5.75 Å². The minimum absolute atomic E-state index is 0.0169. The second-order valence-corrected chi connectivity index (χ2v) is 9.32. The highest BCUT2D eigenvalue weighted by Crippen LogP contribution is 2.22. The van der Waals surface area contributed by atoms with Crippen molar-refractivity contribution in [3.8, 4) is 5.75 Å². The molecule has 0 spiro atoms. The summed E-state index contributed by atoms with van der Waals surface area (Å²) >= 11 is 0. The molecule has 2 atom stereocenters. The van der Waals surface area contributed by atoms with E-state index in [1.807, 2.05) is 13.8 Å². The molecule has 2 N–H and O–H groups in total. The van der Waals surface area contributed by atoms with Crippen LogP contribution < -0.4 is 19.7 Å². The van der Waals surface area contributed by atoms with Crippen LogP contribution in [-0.2, 0) is 14.8 Å². The molecule has 0 saturated heterocycles. The molecule has 0 aliphatic heterocycles. The second-order valence-electron chi connectivity index (χ2n) is 7.30. The Kier molecular flexibility index (Phi) is 8.04. The quantitative estimate of drug-likeness (QED) is 0.615. The maximum atomic E-state index is 12.6. The smallest absolute Gasteiger partial charge is 0.265 e. The summed E-state index contributed by atoms with van der Waals surface area (Å²) in [6.45, 7) is 5.48. The van der Waals surface area contributed by atoms with E-state index in [1.165, 1.54) is 7.05 Å². The molecule has 2 amide bonds. The Morgan fingerprint density at radius 2 is 1.68 bits per heavy atom. The molecule has 168 valence electrons. The van der Waals surface area contributed by atoms with Gasteiger partial charge in [-0.05, 0) is 56.7 Å². The zero-order chi connectivity index (χ0) is 23.2. The van der Waals surface area contributed by atoms with Crippen molar-refractivity contribution in [1.82, 2.24) is 5.32 Å². The van der Waals surface area contributed by atoms with Crippen molar-refractivity contribution in [1.29, 1.82) is 0 Å². The van der Waals surface area contributed by atoms with Gasteiger partial charge in [0, 0.05) is 13.1 Å². The molecular formula is C22H29N3O5S. The fourth-order valence-corrected chi connectivity index (χ4v) is 3.12. The molecule has 0 fully saturated rings. The largest absolute Gasteiger partial charge is 0.481 e. The lowest BCUT2D eigenvalue weighted by Gasteiger charge is -2.19. The van der Waals surface area contributed by atoms with Crippen molar-refractivity contribution in [3.05, 3.63) is 54.1 Å². The average Bonchev–Trinajstić information content (AvgIpc) is 2.73. The predicted molar refractivity (Wildman–Crippen MR) is 122 cm³/mol. The van der Waals surface area contributed by atoms with Crippen LogP contribution >= 0.6 is 0 Å². The molecule has 2 rings (SSSR count). The monoisotopic (exact) mass is 447 g/mol. The second kappa shape index (κ2) is 10.3. The number of ether oxygens (including phenoxy) is 1. The van der Waals surface area contributed by atoms with Gasteiger partial charge in [-0.15, -0.1) is 0 Å². The van der Waals surface area contributed by atoms with Gasteiger partial charge in [0.25, 0.3) is 11.8 Å². The van der Waals surface area contributed by atoms with Crippen LogP contribution in [0, 0.1) is 0 Å². The molecule has 0 unspecified atom stereocenters. The molecule has 2 aromatic rings. The van der Waals surface area contributed by atoms with E-state index < -0.39 is 22.0 Å². The third-order valence-electron chi connectivity index (χ3n) is 4.80. The number of benzene rings is 2. The maximum Gasteiger partial charge on any atom is 0.265 e. The fraction of sp³-hybridized carbons (Fsp3) is 0.364. The van der Waals surface area contributed by atoms with E-state index in [-0.39, 0.29) is 11.9 Å². The molecular weight excluding hydrogens is 418 g/mol. The number of anilines is 2. The standard InChI is InChI=1S/C22H29N3O5S/c1-6-15(2)23-22(27)19-9-7-8-10-20(19)24-21(26)16(3)30-18-13-11-17(12-14-18)25(4)31(5,28)29/h7-16H,6H2,1-5H3,(H,23,27)(H,24,26)/t15-,16+/m1/s1. The molecule has 0 aliphatic carbocycles. The molecule has 0 saturated carbocycles. The first kappa shape index (κ1) is 24.2. The normalized spacial score (nSPS) is 13.1. The van der Waals surface area contributed by atoms with Gasteiger partial charge in [-0.3, -0.25) is 13.9 Å². The van der Waals surface area contributed by atoms with Crippen molar-refractivity contribution >= 4 is 33.2 Å². The van der Waals surface area contributed by atoms with E-state index in [0.717, 1.165) is 17.0 Å². The van der Waals surface area contributed by atoms with Gasteiger partial charge < -0.3 is 15.4 Å². The number of carbonyl (C=O) groups is 2. The lowest BCUT2D eigenvalue weighted by atomic mass is 10.1. The summed E-state index contributed by atoms with van der Waals surface area (Å²) in [6, 6.07) is 13.2. The zero-order valence-corrected chi connectivity index (χ0v) is 19.2. The summed E-state index contributed by atoms with van der Waals surface area (Å²) in [7, 11) is -1.91. The summed E-state index contributed by atoms with van der Waals surface area (Å²) in [5.41, 5.74) is 1.25. The number of sulfonamides is 1. The zero-order valence-electron chi connectivity index (χ0n) is 18.4. The molecule has 31 heavy (non-hydrogen) atoms. The minimum atomic E-state index is -3.36. The Bertz CT molecular complexity index is 1020. The lowest BCUT2D eigenvalue weighted by molar-refractivity contribution is -0.122. The number of amides is 2. The van der Waals surface area contributed by atoms with Crippen LogP contribution in [0.3, 0.4) is 0 Å². The van der Waals surface area contributed by atoms with Crippen molar-refractivity contribution in [3.63, 3.8) is 0 Å². The van der Waals surface area contributed by atoms with Crippen LogP contribution in [0.1, 0.15) is 37.6 Å². The Balaban J connectivity index is 2.06. The van der Waals surface area contributed by atoms with E-state index in [2.05, 4.69) is 10.6 Å². The van der Waals surface area contributed by atoms with E-state index in [0.29, 0.717) is 22.7 Å². The average molecular weight is 448 g/mol. The molecule has 8 nitrogen and oxygen atoms in total. The van der Waals surface area contributed by atoms with E-state index in [1.54, 1.807) is 55.5 Å². The van der Waals surface area contributed by atoms with Crippen LogP contribution in [0.2, 0.25) is 0 Å². The van der Waals surface area contributed by atoms with Crippen LogP contribution in [0.4, 0.5) is 11.4 Å². The van der Waals surface area contributed by atoms with E-state index >= 15 is 0 Å².